The Labute approximate surface area is 163 Å². The average molecular weight is 449 g/mol. The second kappa shape index (κ2) is 10.9. The quantitative estimate of drug-likeness (QED) is 0.212. The summed E-state index contributed by atoms with van der Waals surface area (Å²) in [7, 11) is 5.49. The average Bonchev–Trinajstić information content (AvgIpc) is 3.20. The molecule has 0 radical (unpaired) electrons. The van der Waals surface area contributed by atoms with E-state index in [2.05, 4.69) is 32.7 Å². The van der Waals surface area contributed by atoms with Crippen LogP contribution in [0, 0.1) is 0 Å². The van der Waals surface area contributed by atoms with Crippen LogP contribution in [0.3, 0.4) is 0 Å². The van der Waals surface area contributed by atoms with Gasteiger partial charge in [0.15, 0.2) is 5.96 Å². The predicted molar refractivity (Wildman–Crippen MR) is 110 cm³/mol. The minimum atomic E-state index is 0. The number of aliphatic imine (C=N–C) groups is 1. The van der Waals surface area contributed by atoms with E-state index in [0.29, 0.717) is 6.04 Å². The fourth-order valence-electron chi connectivity index (χ4n) is 3.28. The molecule has 1 heterocycles. The topological polar surface area (TPSA) is 60.0 Å². The van der Waals surface area contributed by atoms with Crippen molar-refractivity contribution >= 4 is 35.8 Å². The van der Waals surface area contributed by atoms with Gasteiger partial charge >= 0.3 is 0 Å². The first-order valence-electron chi connectivity index (χ1n) is 8.69. The molecule has 0 aromatic heterocycles. The van der Waals surface area contributed by atoms with E-state index in [1.807, 2.05) is 21.1 Å². The van der Waals surface area contributed by atoms with E-state index < -0.39 is 0 Å². The van der Waals surface area contributed by atoms with Crippen molar-refractivity contribution in [2.45, 2.75) is 44.2 Å². The summed E-state index contributed by atoms with van der Waals surface area (Å²) in [6, 6.07) is 0.550. The van der Waals surface area contributed by atoms with E-state index >= 15 is 0 Å². The number of halogens is 1. The summed E-state index contributed by atoms with van der Waals surface area (Å²) in [6.07, 6.45) is 9.69. The number of carbonyl (C=O) groups is 1. The van der Waals surface area contributed by atoms with Crippen molar-refractivity contribution < 1.29 is 4.79 Å². The number of carbonyl (C=O) groups excluding carboxylic acids is 1. The van der Waals surface area contributed by atoms with Gasteiger partial charge in [0, 0.05) is 40.3 Å². The minimum absolute atomic E-state index is 0. The Morgan fingerprint density at radius 1 is 1.33 bits per heavy atom. The molecule has 1 fully saturated rings. The fourth-order valence-corrected chi connectivity index (χ4v) is 3.28. The van der Waals surface area contributed by atoms with Gasteiger partial charge in [-0.25, -0.2) is 0 Å². The van der Waals surface area contributed by atoms with Gasteiger partial charge in [0.1, 0.15) is 0 Å². The van der Waals surface area contributed by atoms with Crippen molar-refractivity contribution in [1.29, 1.82) is 0 Å². The van der Waals surface area contributed by atoms with Gasteiger partial charge < -0.3 is 15.5 Å². The molecule has 1 unspecified atom stereocenters. The smallest absolute Gasteiger partial charge is 0.239 e. The number of likely N-dealkylation sites (N-methyl/N-ethyl adjacent to an activating group) is 1. The first kappa shape index (κ1) is 21.2. The zero-order chi connectivity index (χ0) is 16.7. The van der Waals surface area contributed by atoms with Gasteiger partial charge in [0.2, 0.25) is 5.91 Å². The Bertz CT molecular complexity index is 444. The zero-order valence-electron chi connectivity index (χ0n) is 15.1. The predicted octanol–water partition coefficient (Wildman–Crippen LogP) is 1.43. The molecule has 1 atom stereocenters. The Hall–Kier alpha value is -0.830. The van der Waals surface area contributed by atoms with Crippen molar-refractivity contribution in [3.8, 4) is 0 Å². The molecule has 7 heteroatoms. The standard InChI is InChI=1S/C17H31N5O.HI/c1-18-17(20-14-8-4-5-9-14)19-11-7-13-22-12-6-10-15(22)16(23)21(2)3;/h4-5,14-15H,6-13H2,1-3H3,(H2,18,19,20);1H. The van der Waals surface area contributed by atoms with E-state index in [1.165, 1.54) is 0 Å². The Balaban J connectivity index is 0.00000288. The maximum absolute atomic E-state index is 12.2. The van der Waals surface area contributed by atoms with E-state index in [4.69, 9.17) is 0 Å². The third-order valence-corrected chi connectivity index (χ3v) is 4.58. The van der Waals surface area contributed by atoms with E-state index in [9.17, 15) is 4.79 Å². The molecule has 2 N–H and O–H groups in total. The van der Waals surface area contributed by atoms with Gasteiger partial charge in [0.05, 0.1) is 6.04 Å². The lowest BCUT2D eigenvalue weighted by Crippen LogP contribution is -2.45. The second-order valence-corrected chi connectivity index (χ2v) is 6.56. The van der Waals surface area contributed by atoms with Crippen molar-refractivity contribution in [3.63, 3.8) is 0 Å². The summed E-state index contributed by atoms with van der Waals surface area (Å²) in [6.45, 7) is 2.86. The van der Waals surface area contributed by atoms with Crippen LogP contribution >= 0.6 is 24.0 Å². The zero-order valence-corrected chi connectivity index (χ0v) is 17.5. The molecule has 0 spiro atoms. The molecule has 2 rings (SSSR count). The lowest BCUT2D eigenvalue weighted by molar-refractivity contribution is -0.133. The maximum Gasteiger partial charge on any atom is 0.239 e. The van der Waals surface area contributed by atoms with Crippen LogP contribution in [0.4, 0.5) is 0 Å². The molecule has 0 aromatic rings. The largest absolute Gasteiger partial charge is 0.356 e. The van der Waals surface area contributed by atoms with Crippen molar-refractivity contribution in [2.75, 3.05) is 40.8 Å². The highest BCUT2D eigenvalue weighted by atomic mass is 127. The summed E-state index contributed by atoms with van der Waals surface area (Å²) < 4.78 is 0. The summed E-state index contributed by atoms with van der Waals surface area (Å²) in [5.74, 6) is 1.11. The third kappa shape index (κ3) is 6.23. The van der Waals surface area contributed by atoms with Crippen molar-refractivity contribution in [1.82, 2.24) is 20.4 Å². The summed E-state index contributed by atoms with van der Waals surface area (Å²) in [5, 5.41) is 6.81. The molecule has 1 amide bonds. The SMILES string of the molecule is CN=C(NCCCN1CCCC1C(=O)N(C)C)NC1CC=CC1.I. The monoisotopic (exact) mass is 449 g/mol. The van der Waals surface area contributed by atoms with Gasteiger partial charge in [-0.05, 0) is 38.6 Å². The lowest BCUT2D eigenvalue weighted by atomic mass is 10.2. The number of rotatable bonds is 6. The van der Waals surface area contributed by atoms with Crippen LogP contribution in [0.2, 0.25) is 0 Å². The molecule has 0 aromatic carbocycles. The van der Waals surface area contributed by atoms with Gasteiger partial charge in [0.25, 0.3) is 0 Å². The molecular weight excluding hydrogens is 417 g/mol. The molecule has 1 aliphatic carbocycles. The second-order valence-electron chi connectivity index (χ2n) is 6.56. The van der Waals surface area contributed by atoms with Crippen LogP contribution < -0.4 is 10.6 Å². The molecule has 0 saturated carbocycles. The summed E-state index contributed by atoms with van der Waals surface area (Å²) in [5.41, 5.74) is 0. The van der Waals surface area contributed by atoms with E-state index in [-0.39, 0.29) is 35.9 Å². The normalized spacial score (nSPS) is 21.6. The lowest BCUT2D eigenvalue weighted by Gasteiger charge is -2.26. The molecule has 138 valence electrons. The number of nitrogens with zero attached hydrogens (tertiary/aromatic N) is 3. The summed E-state index contributed by atoms with van der Waals surface area (Å²) in [4.78, 5) is 20.5. The molecule has 6 nitrogen and oxygen atoms in total. The Morgan fingerprint density at radius 3 is 2.67 bits per heavy atom. The number of amides is 1. The number of likely N-dealkylation sites (tertiary alicyclic amines) is 1. The van der Waals surface area contributed by atoms with Gasteiger partial charge in [-0.15, -0.1) is 24.0 Å². The van der Waals surface area contributed by atoms with Crippen LogP contribution in [0.15, 0.2) is 17.1 Å². The Morgan fingerprint density at radius 2 is 2.04 bits per heavy atom. The highest BCUT2D eigenvalue weighted by molar-refractivity contribution is 14.0. The molecule has 24 heavy (non-hydrogen) atoms. The number of guanidine groups is 1. The number of hydrogen-bond acceptors (Lipinski definition) is 3. The van der Waals surface area contributed by atoms with Crippen LogP contribution in [0.1, 0.15) is 32.1 Å². The number of hydrogen-bond donors (Lipinski definition) is 2. The highest BCUT2D eigenvalue weighted by Gasteiger charge is 2.30. The van der Waals surface area contributed by atoms with Crippen LogP contribution in [0.5, 0.6) is 0 Å². The van der Waals surface area contributed by atoms with Crippen LogP contribution in [-0.2, 0) is 4.79 Å². The maximum atomic E-state index is 12.2. The van der Waals surface area contributed by atoms with Gasteiger partial charge in [-0.2, -0.15) is 0 Å². The minimum Gasteiger partial charge on any atom is -0.356 e. The molecule has 1 aliphatic heterocycles. The van der Waals surface area contributed by atoms with Crippen molar-refractivity contribution in [3.05, 3.63) is 12.2 Å². The fraction of sp³-hybridized carbons (Fsp3) is 0.765. The van der Waals surface area contributed by atoms with E-state index in [0.717, 1.165) is 57.7 Å². The molecular formula is C17H32IN5O. The van der Waals surface area contributed by atoms with Gasteiger partial charge in [-0.3, -0.25) is 14.7 Å². The molecule has 0 bridgehead atoms. The molecule has 2 aliphatic rings. The summed E-state index contributed by atoms with van der Waals surface area (Å²) >= 11 is 0. The first-order valence-corrected chi connectivity index (χ1v) is 8.69. The van der Waals surface area contributed by atoms with Crippen molar-refractivity contribution in [2.24, 2.45) is 4.99 Å². The number of nitrogens with one attached hydrogen (secondary N) is 2. The Kier molecular flexibility index (Phi) is 9.65. The third-order valence-electron chi connectivity index (χ3n) is 4.58. The highest BCUT2D eigenvalue weighted by Crippen LogP contribution is 2.18. The van der Waals surface area contributed by atoms with Gasteiger partial charge in [-0.1, -0.05) is 12.2 Å². The molecule has 1 saturated heterocycles. The van der Waals surface area contributed by atoms with Crippen LogP contribution in [-0.4, -0.2) is 74.5 Å². The first-order chi connectivity index (χ1) is 11.1. The van der Waals surface area contributed by atoms with E-state index in [1.54, 1.807) is 4.90 Å². The van der Waals surface area contributed by atoms with Crippen LogP contribution in [0.25, 0.3) is 0 Å².